The lowest BCUT2D eigenvalue weighted by Gasteiger charge is -2.24. The lowest BCUT2D eigenvalue weighted by atomic mass is 9.93. The fourth-order valence-corrected chi connectivity index (χ4v) is 2.55. The summed E-state index contributed by atoms with van der Waals surface area (Å²) < 4.78 is 26.5. The molecule has 3 heteroatoms. The van der Waals surface area contributed by atoms with Gasteiger partial charge in [0.05, 0.1) is 0 Å². The van der Waals surface area contributed by atoms with Gasteiger partial charge >= 0.3 is 0 Å². The van der Waals surface area contributed by atoms with Crippen LogP contribution in [0.5, 0.6) is 0 Å². The molecule has 0 bridgehead atoms. The Bertz CT molecular complexity index is 602. The summed E-state index contributed by atoms with van der Waals surface area (Å²) in [4.78, 5) is 0. The van der Waals surface area contributed by atoms with Gasteiger partial charge in [0.15, 0.2) is 0 Å². The van der Waals surface area contributed by atoms with E-state index in [4.69, 9.17) is 0 Å². The molecular formula is C16H15F2N. The van der Waals surface area contributed by atoms with E-state index in [0.717, 1.165) is 30.3 Å². The summed E-state index contributed by atoms with van der Waals surface area (Å²) in [6, 6.07) is 9.53. The molecule has 0 aliphatic carbocycles. The van der Waals surface area contributed by atoms with Crippen LogP contribution >= 0.6 is 0 Å². The monoisotopic (exact) mass is 259 g/mol. The highest BCUT2D eigenvalue weighted by molar-refractivity contribution is 5.70. The summed E-state index contributed by atoms with van der Waals surface area (Å²) in [7, 11) is 0. The number of nitrogens with one attached hydrogen (secondary N) is 1. The van der Waals surface area contributed by atoms with Crippen molar-refractivity contribution in [2.75, 3.05) is 11.9 Å². The van der Waals surface area contributed by atoms with Gasteiger partial charge < -0.3 is 5.32 Å². The minimum absolute atomic E-state index is 0.547. The van der Waals surface area contributed by atoms with Gasteiger partial charge in [-0.25, -0.2) is 8.78 Å². The molecule has 0 spiro atoms. The highest BCUT2D eigenvalue weighted by Crippen LogP contribution is 2.30. The molecule has 1 unspecified atom stereocenters. The molecule has 3 rings (SSSR count). The predicted molar refractivity (Wildman–Crippen MR) is 73.2 cm³/mol. The van der Waals surface area contributed by atoms with E-state index in [2.05, 4.69) is 12.2 Å². The van der Waals surface area contributed by atoms with Crippen LogP contribution in [0.2, 0.25) is 0 Å². The molecule has 2 aromatic carbocycles. The molecule has 0 amide bonds. The maximum atomic E-state index is 13.2. The third-order valence-electron chi connectivity index (χ3n) is 3.52. The number of rotatable bonds is 1. The summed E-state index contributed by atoms with van der Waals surface area (Å²) >= 11 is 0. The maximum Gasteiger partial charge on any atom is 0.126 e. The normalized spacial score (nSPS) is 17.7. The predicted octanol–water partition coefficient (Wildman–Crippen LogP) is 4.24. The second kappa shape index (κ2) is 4.65. The SMILES string of the molecule is CC1CNc2cc(-c3cc(F)cc(F)c3)ccc2C1. The standard InChI is InChI=1S/C16H15F2N/c1-10-4-12-3-2-11(7-16(12)19-9-10)13-5-14(17)8-15(18)6-13/h2-3,5-8,10,19H,4,9H2,1H3. The molecule has 0 fully saturated rings. The van der Waals surface area contributed by atoms with Gasteiger partial charge in [-0.2, -0.15) is 0 Å². The molecule has 1 aliphatic rings. The highest BCUT2D eigenvalue weighted by Gasteiger charge is 2.15. The molecule has 0 saturated heterocycles. The number of fused-ring (bicyclic) bond motifs is 1. The van der Waals surface area contributed by atoms with Gasteiger partial charge in [0.1, 0.15) is 11.6 Å². The van der Waals surface area contributed by atoms with Crippen molar-refractivity contribution in [3.63, 3.8) is 0 Å². The van der Waals surface area contributed by atoms with Gasteiger partial charge in [-0.05, 0) is 47.2 Å². The topological polar surface area (TPSA) is 12.0 Å². The van der Waals surface area contributed by atoms with Crippen molar-refractivity contribution in [3.8, 4) is 11.1 Å². The summed E-state index contributed by atoms with van der Waals surface area (Å²) in [5.74, 6) is -0.478. The van der Waals surface area contributed by atoms with E-state index < -0.39 is 11.6 Å². The van der Waals surface area contributed by atoms with Gasteiger partial charge in [-0.1, -0.05) is 19.1 Å². The zero-order chi connectivity index (χ0) is 13.4. The Morgan fingerprint density at radius 2 is 1.74 bits per heavy atom. The Balaban J connectivity index is 2.02. The number of anilines is 1. The quantitative estimate of drug-likeness (QED) is 0.807. The van der Waals surface area contributed by atoms with Gasteiger partial charge in [0.2, 0.25) is 0 Å². The van der Waals surface area contributed by atoms with Crippen molar-refractivity contribution in [3.05, 3.63) is 53.6 Å². The molecule has 98 valence electrons. The van der Waals surface area contributed by atoms with Crippen molar-refractivity contribution < 1.29 is 8.78 Å². The van der Waals surface area contributed by atoms with Crippen LogP contribution in [-0.2, 0) is 6.42 Å². The Morgan fingerprint density at radius 1 is 1.00 bits per heavy atom. The first kappa shape index (κ1) is 12.2. The van der Waals surface area contributed by atoms with Gasteiger partial charge in [0, 0.05) is 18.3 Å². The van der Waals surface area contributed by atoms with E-state index in [0.29, 0.717) is 11.5 Å². The first-order valence-corrected chi connectivity index (χ1v) is 6.45. The average molecular weight is 259 g/mol. The Morgan fingerprint density at radius 3 is 2.47 bits per heavy atom. The fourth-order valence-electron chi connectivity index (χ4n) is 2.55. The van der Waals surface area contributed by atoms with Crippen LogP contribution in [0.3, 0.4) is 0 Å². The first-order chi connectivity index (χ1) is 9.11. The van der Waals surface area contributed by atoms with Crippen LogP contribution in [0.15, 0.2) is 36.4 Å². The van der Waals surface area contributed by atoms with Crippen molar-refractivity contribution in [1.82, 2.24) is 0 Å². The van der Waals surface area contributed by atoms with E-state index in [-0.39, 0.29) is 0 Å². The Labute approximate surface area is 111 Å². The Kier molecular flexibility index (Phi) is 2.97. The molecule has 1 atom stereocenters. The van der Waals surface area contributed by atoms with Crippen molar-refractivity contribution in [1.29, 1.82) is 0 Å². The van der Waals surface area contributed by atoms with Gasteiger partial charge in [-0.15, -0.1) is 0 Å². The van der Waals surface area contributed by atoms with Gasteiger partial charge in [0.25, 0.3) is 0 Å². The lowest BCUT2D eigenvalue weighted by molar-refractivity contribution is 0.584. The van der Waals surface area contributed by atoms with Crippen LogP contribution in [0.4, 0.5) is 14.5 Å². The first-order valence-electron chi connectivity index (χ1n) is 6.45. The Hall–Kier alpha value is -1.90. The number of hydrogen-bond acceptors (Lipinski definition) is 1. The van der Waals surface area contributed by atoms with Crippen molar-refractivity contribution in [2.45, 2.75) is 13.3 Å². The fraction of sp³-hybridized carbons (Fsp3) is 0.250. The number of benzene rings is 2. The largest absolute Gasteiger partial charge is 0.385 e. The third-order valence-corrected chi connectivity index (χ3v) is 3.52. The molecule has 1 aliphatic heterocycles. The molecule has 0 radical (unpaired) electrons. The second-order valence-corrected chi connectivity index (χ2v) is 5.22. The van der Waals surface area contributed by atoms with Crippen LogP contribution in [0.25, 0.3) is 11.1 Å². The summed E-state index contributed by atoms with van der Waals surface area (Å²) in [5, 5.41) is 3.36. The number of halogens is 2. The zero-order valence-corrected chi connectivity index (χ0v) is 10.7. The summed E-state index contributed by atoms with van der Waals surface area (Å²) in [5.41, 5.74) is 3.74. The maximum absolute atomic E-state index is 13.2. The minimum Gasteiger partial charge on any atom is -0.385 e. The molecular weight excluding hydrogens is 244 g/mol. The van der Waals surface area contributed by atoms with Crippen molar-refractivity contribution in [2.24, 2.45) is 5.92 Å². The van der Waals surface area contributed by atoms with E-state index in [1.165, 1.54) is 17.7 Å². The van der Waals surface area contributed by atoms with Crippen LogP contribution in [0, 0.1) is 17.6 Å². The van der Waals surface area contributed by atoms with E-state index >= 15 is 0 Å². The van der Waals surface area contributed by atoms with Crippen LogP contribution in [0.1, 0.15) is 12.5 Å². The molecule has 0 aromatic heterocycles. The van der Waals surface area contributed by atoms with Crippen LogP contribution < -0.4 is 5.32 Å². The molecule has 0 saturated carbocycles. The zero-order valence-electron chi connectivity index (χ0n) is 10.7. The van der Waals surface area contributed by atoms with E-state index in [9.17, 15) is 8.78 Å². The molecule has 1 nitrogen and oxygen atoms in total. The molecule has 1 heterocycles. The van der Waals surface area contributed by atoms with Gasteiger partial charge in [-0.3, -0.25) is 0 Å². The molecule has 2 aromatic rings. The van der Waals surface area contributed by atoms with Crippen molar-refractivity contribution >= 4 is 5.69 Å². The highest BCUT2D eigenvalue weighted by atomic mass is 19.1. The van der Waals surface area contributed by atoms with E-state index in [1.807, 2.05) is 18.2 Å². The summed E-state index contributed by atoms with van der Waals surface area (Å²) in [6.07, 6.45) is 1.04. The minimum atomic E-state index is -0.547. The smallest absolute Gasteiger partial charge is 0.126 e. The molecule has 1 N–H and O–H groups in total. The third kappa shape index (κ3) is 2.46. The summed E-state index contributed by atoms with van der Waals surface area (Å²) in [6.45, 7) is 3.14. The molecule has 19 heavy (non-hydrogen) atoms. The second-order valence-electron chi connectivity index (χ2n) is 5.22. The number of hydrogen-bond donors (Lipinski definition) is 1. The van der Waals surface area contributed by atoms with E-state index in [1.54, 1.807) is 0 Å². The average Bonchev–Trinajstić information content (AvgIpc) is 2.37. The lowest BCUT2D eigenvalue weighted by Crippen LogP contribution is -2.20. The van der Waals surface area contributed by atoms with Crippen LogP contribution in [-0.4, -0.2) is 6.54 Å².